The summed E-state index contributed by atoms with van der Waals surface area (Å²) in [5.74, 6) is -0.832. The van der Waals surface area contributed by atoms with E-state index in [1.165, 1.54) is 4.90 Å². The number of hydrogen-bond acceptors (Lipinski definition) is 4. The lowest BCUT2D eigenvalue weighted by atomic mass is 10.0. The fraction of sp³-hybridized carbons (Fsp3) is 0.297. The largest absolute Gasteiger partial charge is 0.352 e. The van der Waals surface area contributed by atoms with Gasteiger partial charge < -0.3 is 10.2 Å². The fourth-order valence-electron chi connectivity index (χ4n) is 5.07. The van der Waals surface area contributed by atoms with Crippen LogP contribution in [0, 0.1) is 20.8 Å². The zero-order chi connectivity index (χ0) is 33.4. The lowest BCUT2D eigenvalue weighted by Gasteiger charge is -2.34. The second-order valence-corrected chi connectivity index (χ2v) is 14.1. The molecule has 2 amide bonds. The molecule has 0 aliphatic carbocycles. The summed E-state index contributed by atoms with van der Waals surface area (Å²) in [6.45, 7) is 9.15. The number of rotatable bonds is 13. The number of benzene rings is 4. The number of carbonyl (C=O) groups is 2. The normalized spacial score (nSPS) is 12.7. The summed E-state index contributed by atoms with van der Waals surface area (Å²) in [6, 6.07) is 27.4. The first-order chi connectivity index (χ1) is 21.9. The number of carbonyl (C=O) groups excluding carboxylic acids is 2. The predicted octanol–water partition coefficient (Wildman–Crippen LogP) is 7.02. The van der Waals surface area contributed by atoms with Crippen molar-refractivity contribution in [3.05, 3.63) is 130 Å². The van der Waals surface area contributed by atoms with Crippen LogP contribution >= 0.6 is 11.6 Å². The van der Waals surface area contributed by atoms with Gasteiger partial charge in [-0.15, -0.1) is 0 Å². The minimum absolute atomic E-state index is 0.0518. The summed E-state index contributed by atoms with van der Waals surface area (Å²) in [5, 5.41) is 3.54. The molecule has 2 atom stereocenters. The van der Waals surface area contributed by atoms with Crippen LogP contribution in [0.1, 0.15) is 48.1 Å². The Hall–Kier alpha value is -4.14. The van der Waals surface area contributed by atoms with Crippen LogP contribution in [0.5, 0.6) is 0 Å². The van der Waals surface area contributed by atoms with Crippen LogP contribution in [0.15, 0.2) is 102 Å². The first kappa shape index (κ1) is 34.7. The molecule has 4 aromatic rings. The average molecular weight is 660 g/mol. The summed E-state index contributed by atoms with van der Waals surface area (Å²) in [5.41, 5.74) is 4.75. The van der Waals surface area contributed by atoms with E-state index in [1.54, 1.807) is 54.6 Å². The molecule has 9 heteroatoms. The van der Waals surface area contributed by atoms with E-state index in [0.29, 0.717) is 17.1 Å². The molecule has 0 bridgehead atoms. The van der Waals surface area contributed by atoms with Crippen molar-refractivity contribution in [1.29, 1.82) is 0 Å². The van der Waals surface area contributed by atoms with Gasteiger partial charge in [0, 0.05) is 24.0 Å². The van der Waals surface area contributed by atoms with Crippen LogP contribution in [0.4, 0.5) is 5.69 Å². The van der Waals surface area contributed by atoms with E-state index in [4.69, 9.17) is 11.6 Å². The molecule has 0 fully saturated rings. The van der Waals surface area contributed by atoms with E-state index in [9.17, 15) is 18.0 Å². The zero-order valence-corrected chi connectivity index (χ0v) is 28.6. The maximum Gasteiger partial charge on any atom is 0.264 e. The third-order valence-electron chi connectivity index (χ3n) is 8.18. The van der Waals surface area contributed by atoms with Crippen molar-refractivity contribution in [3.63, 3.8) is 0 Å². The van der Waals surface area contributed by atoms with Gasteiger partial charge in [-0.05, 0) is 92.8 Å². The van der Waals surface area contributed by atoms with E-state index in [-0.39, 0.29) is 29.8 Å². The summed E-state index contributed by atoms with van der Waals surface area (Å²) in [6.07, 6.45) is 0.950. The van der Waals surface area contributed by atoms with Crippen molar-refractivity contribution in [3.8, 4) is 0 Å². The van der Waals surface area contributed by atoms with E-state index < -0.39 is 28.5 Å². The molecule has 0 saturated heterocycles. The number of aryl methyl sites for hydroxylation is 3. The first-order valence-electron chi connectivity index (χ1n) is 15.4. The van der Waals surface area contributed by atoms with E-state index in [1.807, 2.05) is 77.1 Å². The molecule has 0 radical (unpaired) electrons. The summed E-state index contributed by atoms with van der Waals surface area (Å²) >= 11 is 6.33. The predicted molar refractivity (Wildman–Crippen MR) is 185 cm³/mol. The maximum absolute atomic E-state index is 14.6. The molecule has 4 rings (SSSR count). The first-order valence-corrected chi connectivity index (χ1v) is 17.3. The highest BCUT2D eigenvalue weighted by atomic mass is 35.5. The van der Waals surface area contributed by atoms with E-state index >= 15 is 0 Å². The highest BCUT2D eigenvalue weighted by Gasteiger charge is 2.35. The molecule has 0 aliphatic heterocycles. The van der Waals surface area contributed by atoms with E-state index in [2.05, 4.69) is 5.32 Å². The summed E-state index contributed by atoms with van der Waals surface area (Å²) in [4.78, 5) is 30.1. The van der Waals surface area contributed by atoms with Gasteiger partial charge in [0.15, 0.2) is 0 Å². The summed E-state index contributed by atoms with van der Waals surface area (Å²) in [7, 11) is -4.17. The van der Waals surface area contributed by atoms with Crippen molar-refractivity contribution in [2.45, 2.75) is 71.0 Å². The molecule has 1 N–H and O–H groups in total. The fourth-order valence-corrected chi connectivity index (χ4v) is 6.69. The van der Waals surface area contributed by atoms with Crippen LogP contribution in [0.3, 0.4) is 0 Å². The lowest BCUT2D eigenvalue weighted by molar-refractivity contribution is -0.140. The van der Waals surface area contributed by atoms with Gasteiger partial charge in [-0.25, -0.2) is 8.42 Å². The molecule has 4 aromatic carbocycles. The second-order valence-electron chi connectivity index (χ2n) is 11.8. The highest BCUT2D eigenvalue weighted by Crippen LogP contribution is 2.27. The molecule has 0 heterocycles. The molecule has 0 saturated carbocycles. The Bertz CT molecular complexity index is 1760. The van der Waals surface area contributed by atoms with Gasteiger partial charge in [0.05, 0.1) is 10.6 Å². The number of nitrogens with one attached hydrogen (secondary N) is 1. The molecule has 0 aliphatic rings. The Morgan fingerprint density at radius 1 is 0.826 bits per heavy atom. The maximum atomic E-state index is 14.6. The second kappa shape index (κ2) is 15.4. The minimum atomic E-state index is -4.17. The van der Waals surface area contributed by atoms with Crippen LogP contribution < -0.4 is 9.62 Å². The van der Waals surface area contributed by atoms with Gasteiger partial charge in [0.1, 0.15) is 12.6 Å². The van der Waals surface area contributed by atoms with Crippen molar-refractivity contribution >= 4 is 39.1 Å². The third kappa shape index (κ3) is 8.77. The molecule has 7 nitrogen and oxygen atoms in total. The number of sulfonamides is 1. The molecular weight excluding hydrogens is 618 g/mol. The van der Waals surface area contributed by atoms with Crippen molar-refractivity contribution in [2.75, 3.05) is 10.8 Å². The average Bonchev–Trinajstić information content (AvgIpc) is 3.03. The minimum Gasteiger partial charge on any atom is -0.352 e. The number of anilines is 1. The van der Waals surface area contributed by atoms with Crippen molar-refractivity contribution in [2.24, 2.45) is 0 Å². The standard InChI is InChI=1S/C37H42ClN3O4S/c1-6-29(5)39-37(43)35(23-30-11-8-7-9-12-30)40(24-31-13-10-14-32(38)22-31)36(42)25-41(33-18-17-27(3)28(4)21-33)46(44,45)34-19-15-26(2)16-20-34/h7-22,29,35H,6,23-25H2,1-5H3,(H,39,43)/t29-,35-/m1/s1. The van der Waals surface area contributed by atoms with Gasteiger partial charge >= 0.3 is 0 Å². The summed E-state index contributed by atoms with van der Waals surface area (Å²) < 4.78 is 29.6. The number of amides is 2. The number of hydrogen-bond donors (Lipinski definition) is 1. The number of halogens is 1. The van der Waals surface area contributed by atoms with Gasteiger partial charge in [-0.3, -0.25) is 13.9 Å². The van der Waals surface area contributed by atoms with Crippen LogP contribution in [0.25, 0.3) is 0 Å². The topological polar surface area (TPSA) is 86.8 Å². The third-order valence-corrected chi connectivity index (χ3v) is 10.2. The van der Waals surface area contributed by atoms with Gasteiger partial charge in [0.25, 0.3) is 10.0 Å². The van der Waals surface area contributed by atoms with Gasteiger partial charge in [-0.2, -0.15) is 0 Å². The Morgan fingerprint density at radius 3 is 2.13 bits per heavy atom. The lowest BCUT2D eigenvalue weighted by Crippen LogP contribution is -2.54. The number of nitrogens with zero attached hydrogens (tertiary/aromatic N) is 2. The Balaban J connectivity index is 1.83. The van der Waals surface area contributed by atoms with Crippen LogP contribution in [0.2, 0.25) is 5.02 Å². The molecule has 0 unspecified atom stereocenters. The SMILES string of the molecule is CC[C@@H](C)NC(=O)[C@@H](Cc1ccccc1)N(Cc1cccc(Cl)c1)C(=O)CN(c1ccc(C)c(C)c1)S(=O)(=O)c1ccc(C)cc1. The van der Waals surface area contributed by atoms with Crippen molar-refractivity contribution < 1.29 is 18.0 Å². The smallest absolute Gasteiger partial charge is 0.264 e. The molecule has 242 valence electrons. The van der Waals surface area contributed by atoms with Crippen molar-refractivity contribution in [1.82, 2.24) is 10.2 Å². The molecule has 0 spiro atoms. The molecule has 46 heavy (non-hydrogen) atoms. The Kier molecular flexibility index (Phi) is 11.7. The zero-order valence-electron chi connectivity index (χ0n) is 27.0. The monoisotopic (exact) mass is 659 g/mol. The Morgan fingerprint density at radius 2 is 1.50 bits per heavy atom. The van der Waals surface area contributed by atoms with E-state index in [0.717, 1.165) is 32.1 Å². The Labute approximate surface area is 278 Å². The van der Waals surface area contributed by atoms with Crippen LogP contribution in [-0.4, -0.2) is 43.8 Å². The van der Waals surface area contributed by atoms with Crippen LogP contribution in [-0.2, 0) is 32.6 Å². The quantitative estimate of drug-likeness (QED) is 0.167. The van der Waals surface area contributed by atoms with Gasteiger partial charge in [0.2, 0.25) is 11.8 Å². The molecular formula is C37H42ClN3O4S. The highest BCUT2D eigenvalue weighted by molar-refractivity contribution is 7.92. The molecule has 0 aromatic heterocycles. The van der Waals surface area contributed by atoms with Gasteiger partial charge in [-0.1, -0.05) is 84.8 Å².